The van der Waals surface area contributed by atoms with Crippen molar-refractivity contribution < 1.29 is 4.79 Å². The SMILES string of the molecule is Cc1cccc(NC(=O)CSC2=NNC3C4CC(c5ccc(Cl)cc5)NN4C=CN23)c1. The van der Waals surface area contributed by atoms with Crippen LogP contribution in [0.3, 0.4) is 0 Å². The number of hydrazine groups is 1. The van der Waals surface area contributed by atoms with E-state index < -0.39 is 0 Å². The van der Waals surface area contributed by atoms with E-state index in [-0.39, 0.29) is 24.2 Å². The molecule has 3 unspecified atom stereocenters. The molecule has 3 aliphatic rings. The molecule has 0 saturated carbocycles. The Kier molecular flexibility index (Phi) is 5.52. The molecule has 3 atom stereocenters. The number of hydrazone groups is 1. The van der Waals surface area contributed by atoms with Gasteiger partial charge in [-0.2, -0.15) is 5.10 Å². The van der Waals surface area contributed by atoms with Crippen molar-refractivity contribution in [2.45, 2.75) is 31.6 Å². The summed E-state index contributed by atoms with van der Waals surface area (Å²) in [5, 5.41) is 11.1. The fourth-order valence-electron chi connectivity index (χ4n) is 4.11. The topological polar surface area (TPSA) is 72.0 Å². The van der Waals surface area contributed by atoms with Gasteiger partial charge in [0, 0.05) is 23.1 Å². The summed E-state index contributed by atoms with van der Waals surface area (Å²) in [6, 6.07) is 16.2. The predicted molar refractivity (Wildman–Crippen MR) is 125 cm³/mol. The van der Waals surface area contributed by atoms with Crippen LogP contribution in [0.15, 0.2) is 66.0 Å². The highest BCUT2D eigenvalue weighted by molar-refractivity contribution is 8.14. The van der Waals surface area contributed by atoms with Crippen LogP contribution >= 0.6 is 23.4 Å². The Morgan fingerprint density at radius 3 is 2.90 bits per heavy atom. The number of anilines is 1. The quantitative estimate of drug-likeness (QED) is 0.655. The van der Waals surface area contributed by atoms with Gasteiger partial charge in [0.25, 0.3) is 0 Å². The second-order valence-corrected chi connectivity index (χ2v) is 9.20. The molecule has 9 heteroatoms. The summed E-state index contributed by atoms with van der Waals surface area (Å²) in [6.07, 6.45) is 4.99. The van der Waals surface area contributed by atoms with Crippen LogP contribution in [0.4, 0.5) is 5.69 Å². The minimum atomic E-state index is -0.0466. The van der Waals surface area contributed by atoms with E-state index in [1.54, 1.807) is 0 Å². The molecule has 0 aromatic heterocycles. The number of nitrogens with zero attached hydrogens (tertiary/aromatic N) is 3. The zero-order chi connectivity index (χ0) is 21.4. The maximum Gasteiger partial charge on any atom is 0.234 e. The van der Waals surface area contributed by atoms with Gasteiger partial charge in [-0.15, -0.1) is 0 Å². The number of carbonyl (C=O) groups excluding carboxylic acids is 1. The molecule has 0 radical (unpaired) electrons. The van der Waals surface area contributed by atoms with E-state index >= 15 is 0 Å². The average Bonchev–Trinajstić information content (AvgIpc) is 3.36. The Morgan fingerprint density at radius 2 is 2.10 bits per heavy atom. The van der Waals surface area contributed by atoms with Crippen LogP contribution in [-0.4, -0.2) is 38.9 Å². The number of benzene rings is 2. The van der Waals surface area contributed by atoms with E-state index in [4.69, 9.17) is 11.6 Å². The molecule has 7 nitrogen and oxygen atoms in total. The lowest BCUT2D eigenvalue weighted by Crippen LogP contribution is -2.54. The van der Waals surface area contributed by atoms with Crippen LogP contribution in [0, 0.1) is 6.92 Å². The third-order valence-corrected chi connectivity index (χ3v) is 6.83. The number of fused-ring (bicyclic) bond motifs is 3. The van der Waals surface area contributed by atoms with Gasteiger partial charge in [0.05, 0.1) is 17.8 Å². The van der Waals surface area contributed by atoms with E-state index in [0.29, 0.717) is 5.75 Å². The van der Waals surface area contributed by atoms with Crippen LogP contribution in [0.25, 0.3) is 0 Å². The third-order valence-electron chi connectivity index (χ3n) is 5.61. The van der Waals surface area contributed by atoms with E-state index in [1.807, 2.05) is 55.7 Å². The maximum absolute atomic E-state index is 12.4. The average molecular weight is 455 g/mol. The van der Waals surface area contributed by atoms with Crippen LogP contribution in [0.1, 0.15) is 23.6 Å². The number of hydrogen-bond donors (Lipinski definition) is 3. The standard InChI is InChI=1S/C22H23ClN6OS/c1-14-3-2-4-17(11-14)24-20(30)13-31-22-26-25-21-19-12-18(15-5-7-16(23)8-6-15)27-29(19)10-9-28(21)22/h2-11,18-19,21,25,27H,12-13H2,1H3,(H,24,30). The molecule has 1 amide bonds. The first-order valence-electron chi connectivity index (χ1n) is 10.2. The van der Waals surface area contributed by atoms with Crippen molar-refractivity contribution in [2.75, 3.05) is 11.1 Å². The Labute approximate surface area is 190 Å². The van der Waals surface area contributed by atoms with E-state index in [2.05, 4.69) is 43.3 Å². The van der Waals surface area contributed by atoms with Gasteiger partial charge in [0.1, 0.15) is 6.17 Å². The predicted octanol–water partition coefficient (Wildman–Crippen LogP) is 3.63. The molecule has 3 N–H and O–H groups in total. The summed E-state index contributed by atoms with van der Waals surface area (Å²) in [7, 11) is 0. The van der Waals surface area contributed by atoms with Crippen molar-refractivity contribution in [2.24, 2.45) is 5.10 Å². The number of amidine groups is 1. The van der Waals surface area contributed by atoms with E-state index in [1.165, 1.54) is 17.3 Å². The molecule has 1 fully saturated rings. The molecule has 0 spiro atoms. The molecule has 160 valence electrons. The zero-order valence-corrected chi connectivity index (χ0v) is 18.5. The highest BCUT2D eigenvalue weighted by atomic mass is 35.5. The first kappa shape index (κ1) is 20.2. The van der Waals surface area contributed by atoms with Crippen molar-refractivity contribution in [3.63, 3.8) is 0 Å². The fourth-order valence-corrected chi connectivity index (χ4v) is 5.01. The molecule has 2 aromatic carbocycles. The van der Waals surface area contributed by atoms with Crippen LogP contribution in [0.5, 0.6) is 0 Å². The van der Waals surface area contributed by atoms with Crippen molar-refractivity contribution in [3.8, 4) is 0 Å². The van der Waals surface area contributed by atoms with Crippen molar-refractivity contribution in [1.82, 2.24) is 20.8 Å². The Balaban J connectivity index is 1.18. The summed E-state index contributed by atoms with van der Waals surface area (Å²) in [5.41, 5.74) is 9.94. The number of nitrogens with one attached hydrogen (secondary N) is 3. The number of aryl methyl sites for hydroxylation is 1. The molecule has 3 aliphatic heterocycles. The number of carbonyl (C=O) groups is 1. The van der Waals surface area contributed by atoms with Crippen molar-refractivity contribution in [3.05, 3.63) is 77.1 Å². The lowest BCUT2D eigenvalue weighted by atomic mass is 10.00. The van der Waals surface area contributed by atoms with Gasteiger partial charge in [-0.25, -0.2) is 5.43 Å². The normalized spacial score (nSPS) is 23.8. The van der Waals surface area contributed by atoms with Crippen molar-refractivity contribution >= 4 is 40.1 Å². The second-order valence-electron chi connectivity index (χ2n) is 7.82. The first-order valence-corrected chi connectivity index (χ1v) is 11.5. The smallest absolute Gasteiger partial charge is 0.234 e. The lowest BCUT2D eigenvalue weighted by molar-refractivity contribution is -0.113. The number of hydrogen-bond acceptors (Lipinski definition) is 7. The summed E-state index contributed by atoms with van der Waals surface area (Å²) in [5.74, 6) is 0.251. The van der Waals surface area contributed by atoms with Crippen LogP contribution < -0.4 is 16.2 Å². The molecule has 3 heterocycles. The highest BCUT2D eigenvalue weighted by Crippen LogP contribution is 2.35. The second kappa shape index (κ2) is 8.45. The summed E-state index contributed by atoms with van der Waals surface area (Å²) in [6.45, 7) is 2.00. The lowest BCUT2D eigenvalue weighted by Gasteiger charge is -2.36. The number of rotatable bonds is 4. The van der Waals surface area contributed by atoms with Gasteiger partial charge in [0.15, 0.2) is 5.17 Å². The molecule has 2 aromatic rings. The first-order chi connectivity index (χ1) is 15.1. The number of halogens is 1. The van der Waals surface area contributed by atoms with Gasteiger partial charge in [-0.05, 0) is 48.7 Å². The largest absolute Gasteiger partial charge is 0.325 e. The molecular formula is C22H23ClN6OS. The molecule has 31 heavy (non-hydrogen) atoms. The Morgan fingerprint density at radius 1 is 1.26 bits per heavy atom. The maximum atomic E-state index is 12.4. The third kappa shape index (κ3) is 4.23. The number of amides is 1. The molecule has 0 aliphatic carbocycles. The van der Waals surface area contributed by atoms with Crippen LogP contribution in [-0.2, 0) is 4.79 Å². The summed E-state index contributed by atoms with van der Waals surface area (Å²) >= 11 is 7.46. The Bertz CT molecular complexity index is 1040. The molecule has 0 bridgehead atoms. The van der Waals surface area contributed by atoms with Crippen LogP contribution in [0.2, 0.25) is 5.02 Å². The minimum absolute atomic E-state index is 0.0251. The van der Waals surface area contributed by atoms with Gasteiger partial charge in [-0.3, -0.25) is 10.2 Å². The molecule has 1 saturated heterocycles. The minimum Gasteiger partial charge on any atom is -0.325 e. The monoisotopic (exact) mass is 454 g/mol. The highest BCUT2D eigenvalue weighted by Gasteiger charge is 2.44. The number of thioether (sulfide) groups is 1. The van der Waals surface area contributed by atoms with Crippen molar-refractivity contribution in [1.29, 1.82) is 0 Å². The summed E-state index contributed by atoms with van der Waals surface area (Å²) < 4.78 is 0. The molecule has 5 rings (SSSR count). The molecular weight excluding hydrogens is 432 g/mol. The van der Waals surface area contributed by atoms with Gasteiger partial charge in [-0.1, -0.05) is 47.6 Å². The van der Waals surface area contributed by atoms with E-state index in [9.17, 15) is 4.79 Å². The summed E-state index contributed by atoms with van der Waals surface area (Å²) in [4.78, 5) is 14.5. The van der Waals surface area contributed by atoms with Gasteiger partial charge in [0.2, 0.25) is 5.91 Å². The Hall–Kier alpha value is -2.68. The van der Waals surface area contributed by atoms with Gasteiger partial charge < -0.3 is 15.2 Å². The fraction of sp³-hybridized carbons (Fsp3) is 0.273. The zero-order valence-electron chi connectivity index (χ0n) is 17.0. The van der Waals surface area contributed by atoms with E-state index in [0.717, 1.165) is 27.9 Å². The van der Waals surface area contributed by atoms with Gasteiger partial charge >= 0.3 is 0 Å².